The second-order valence-electron chi connectivity index (χ2n) is 11.2. The molecule has 12 heteroatoms. The van der Waals surface area contributed by atoms with Crippen molar-refractivity contribution in [3.05, 3.63) is 51.5 Å². The summed E-state index contributed by atoms with van der Waals surface area (Å²) >= 11 is 10.2. The average Bonchev–Trinajstić information content (AvgIpc) is 3.54. The number of esters is 1. The Labute approximate surface area is 258 Å². The number of fused-ring (bicyclic) bond motifs is 2. The van der Waals surface area contributed by atoms with E-state index in [9.17, 15) is 24.3 Å². The highest BCUT2D eigenvalue weighted by molar-refractivity contribution is 9.11. The topological polar surface area (TPSA) is 125 Å². The molecule has 10 nitrogen and oxygen atoms in total. The van der Waals surface area contributed by atoms with E-state index in [-0.39, 0.29) is 32.0 Å². The summed E-state index contributed by atoms with van der Waals surface area (Å²) in [4.78, 5) is 58.1. The van der Waals surface area contributed by atoms with Crippen LogP contribution in [0.4, 0.5) is 5.69 Å². The smallest absolute Gasteiger partial charge is 0.313 e. The van der Waals surface area contributed by atoms with Gasteiger partial charge in [0.1, 0.15) is 29.8 Å². The third-order valence-electron chi connectivity index (χ3n) is 8.57. The highest BCUT2D eigenvalue weighted by Gasteiger charge is 2.75. The highest BCUT2D eigenvalue weighted by Crippen LogP contribution is 2.59. The van der Waals surface area contributed by atoms with Crippen molar-refractivity contribution in [1.29, 1.82) is 0 Å². The Balaban J connectivity index is 1.68. The highest BCUT2D eigenvalue weighted by atomic mass is 79.9. The number of allylic oxidation sites excluding steroid dienone is 1. The van der Waals surface area contributed by atoms with Crippen LogP contribution in [0.1, 0.15) is 38.7 Å². The van der Waals surface area contributed by atoms with Gasteiger partial charge >= 0.3 is 5.97 Å². The summed E-state index contributed by atoms with van der Waals surface area (Å²) in [6.07, 6.45) is 4.87. The van der Waals surface area contributed by atoms with Gasteiger partial charge in [-0.25, -0.2) is 0 Å². The Morgan fingerprint density at radius 3 is 2.67 bits per heavy atom. The second kappa shape index (κ2) is 12.1. The van der Waals surface area contributed by atoms with Gasteiger partial charge in [-0.15, -0.1) is 0 Å². The largest absolute Gasteiger partial charge is 0.460 e. The number of amides is 3. The van der Waals surface area contributed by atoms with Crippen LogP contribution in [0.2, 0.25) is 5.02 Å². The maximum Gasteiger partial charge on any atom is 0.313 e. The van der Waals surface area contributed by atoms with Crippen LogP contribution in [0.3, 0.4) is 0 Å². The number of aliphatic hydroxyl groups excluding tert-OH is 1. The number of para-hydroxylation sites is 1. The summed E-state index contributed by atoms with van der Waals surface area (Å²) in [5.41, 5.74) is -0.251. The average molecular weight is 665 g/mol. The Hall–Kier alpha value is -2.73. The fourth-order valence-electron chi connectivity index (χ4n) is 6.59. The van der Waals surface area contributed by atoms with E-state index in [1.54, 1.807) is 31.2 Å². The molecule has 4 aliphatic heterocycles. The molecule has 42 heavy (non-hydrogen) atoms. The van der Waals surface area contributed by atoms with Crippen LogP contribution >= 0.6 is 27.5 Å². The summed E-state index contributed by atoms with van der Waals surface area (Å²) in [6, 6.07) is 3.44. The van der Waals surface area contributed by atoms with Crippen LogP contribution in [-0.4, -0.2) is 83.3 Å². The van der Waals surface area contributed by atoms with Crippen LogP contribution in [0.5, 0.6) is 0 Å². The van der Waals surface area contributed by atoms with Crippen LogP contribution in [0.15, 0.2) is 40.9 Å². The van der Waals surface area contributed by atoms with Gasteiger partial charge in [0.25, 0.3) is 5.91 Å². The number of aryl methyl sites for hydroxylation is 1. The van der Waals surface area contributed by atoms with Crippen molar-refractivity contribution in [3.8, 4) is 0 Å². The van der Waals surface area contributed by atoms with Crippen molar-refractivity contribution in [3.63, 3.8) is 0 Å². The molecule has 0 aromatic heterocycles. The molecule has 2 fully saturated rings. The monoisotopic (exact) mass is 663 g/mol. The number of likely N-dealkylation sites (tertiary alicyclic amines) is 1. The number of carbonyl (C=O) groups is 4. The first-order chi connectivity index (χ1) is 20.0. The predicted molar refractivity (Wildman–Crippen MR) is 159 cm³/mol. The number of nitrogens with one attached hydrogen (secondary N) is 1. The standard InChI is InChI=1S/C30H35BrClN3O7/c1-4-18(15-36)35-26-28(39)34(24-16(2)9-8-10-20(24)32)12-7-5-6-11-21(37)33-14-17(3)41-29(40)22-23(27(35)38)30(26)13-19(31)25(22)42-30/h5,7-10,13,17-18,22-23,25-26,36H,4,6,11-12,14-15H2,1-3H3,(H,33,37)/b7-5-/t17-,18+,22+,23-,25+,26+,30-/m1/s1. The zero-order valence-corrected chi connectivity index (χ0v) is 26.1. The van der Waals surface area contributed by atoms with Gasteiger partial charge in [-0.1, -0.05) is 58.7 Å². The zero-order valence-electron chi connectivity index (χ0n) is 23.7. The van der Waals surface area contributed by atoms with Gasteiger partial charge in [0.2, 0.25) is 11.8 Å². The number of hydrogen-bond acceptors (Lipinski definition) is 7. The molecule has 1 spiro atoms. The molecule has 0 radical (unpaired) electrons. The molecule has 5 rings (SSSR count). The number of rotatable bonds is 4. The summed E-state index contributed by atoms with van der Waals surface area (Å²) in [5.74, 6) is -3.84. The quantitative estimate of drug-likeness (QED) is 0.375. The van der Waals surface area contributed by atoms with Crippen LogP contribution < -0.4 is 10.2 Å². The summed E-state index contributed by atoms with van der Waals surface area (Å²) in [7, 11) is 0. The fraction of sp³-hybridized carbons (Fsp3) is 0.533. The first-order valence-electron chi connectivity index (χ1n) is 14.2. The molecule has 2 saturated heterocycles. The number of ether oxygens (including phenoxy) is 2. The Kier molecular flexibility index (Phi) is 8.85. The second-order valence-corrected chi connectivity index (χ2v) is 12.6. The molecule has 1 aromatic rings. The summed E-state index contributed by atoms with van der Waals surface area (Å²) in [5, 5.41) is 13.5. The normalized spacial score (nSPS) is 33.3. The zero-order chi connectivity index (χ0) is 30.3. The fourth-order valence-corrected chi connectivity index (χ4v) is 7.65. The van der Waals surface area contributed by atoms with E-state index in [2.05, 4.69) is 21.2 Å². The minimum Gasteiger partial charge on any atom is -0.460 e. The number of aliphatic hydroxyl groups is 1. The van der Waals surface area contributed by atoms with Crippen LogP contribution in [-0.2, 0) is 28.7 Å². The van der Waals surface area contributed by atoms with Crippen LogP contribution in [0.25, 0.3) is 0 Å². The van der Waals surface area contributed by atoms with E-state index < -0.39 is 59.5 Å². The number of benzene rings is 1. The maximum atomic E-state index is 14.9. The molecule has 0 unspecified atom stereocenters. The lowest BCUT2D eigenvalue weighted by Gasteiger charge is -2.39. The molecule has 2 N–H and O–H groups in total. The SMILES string of the molecule is CC[C@@H](CO)N1C(=O)[C@H]2[C@@H]3C(=O)O[C@H](C)CNC(=O)CC/C=C\CN(c4c(C)cccc4Cl)C(=O)[C@H]1[C@@]21C=C(Br)[C@@H]3O1. The van der Waals surface area contributed by atoms with Crippen molar-refractivity contribution >= 4 is 56.9 Å². The molecule has 3 amide bonds. The molecule has 4 aliphatic rings. The minimum atomic E-state index is -1.48. The number of hydrogen-bond donors (Lipinski definition) is 2. The lowest BCUT2D eigenvalue weighted by atomic mass is 9.74. The van der Waals surface area contributed by atoms with E-state index in [0.29, 0.717) is 28.0 Å². The van der Waals surface area contributed by atoms with Gasteiger partial charge in [0, 0.05) is 17.4 Å². The van der Waals surface area contributed by atoms with Gasteiger partial charge in [0.15, 0.2) is 0 Å². The van der Waals surface area contributed by atoms with Gasteiger partial charge in [0.05, 0.1) is 35.8 Å². The molecule has 0 aliphatic carbocycles. The molecular formula is C30H35BrClN3O7. The van der Waals surface area contributed by atoms with E-state index in [0.717, 1.165) is 5.56 Å². The Morgan fingerprint density at radius 2 is 1.98 bits per heavy atom. The van der Waals surface area contributed by atoms with Crippen molar-refractivity contribution in [1.82, 2.24) is 10.2 Å². The molecule has 5 bridgehead atoms. The number of anilines is 1. The first-order valence-corrected chi connectivity index (χ1v) is 15.4. The Morgan fingerprint density at radius 1 is 1.21 bits per heavy atom. The van der Waals surface area contributed by atoms with E-state index in [1.165, 1.54) is 9.80 Å². The van der Waals surface area contributed by atoms with E-state index in [1.807, 2.05) is 26.0 Å². The van der Waals surface area contributed by atoms with Crippen molar-refractivity contribution in [2.75, 3.05) is 24.6 Å². The summed E-state index contributed by atoms with van der Waals surface area (Å²) in [6.45, 7) is 5.18. The van der Waals surface area contributed by atoms with Gasteiger partial charge in [-0.05, 0) is 44.4 Å². The van der Waals surface area contributed by atoms with E-state index in [4.69, 9.17) is 21.1 Å². The Bertz CT molecular complexity index is 1330. The molecule has 4 heterocycles. The third kappa shape index (κ3) is 5.08. The minimum absolute atomic E-state index is 0.108. The first kappa shape index (κ1) is 30.7. The van der Waals surface area contributed by atoms with Crippen molar-refractivity contribution in [2.24, 2.45) is 11.8 Å². The van der Waals surface area contributed by atoms with Crippen LogP contribution in [0, 0.1) is 18.8 Å². The number of nitrogens with zero attached hydrogens (tertiary/aromatic N) is 2. The number of carbonyl (C=O) groups excluding carboxylic acids is 4. The van der Waals surface area contributed by atoms with Crippen molar-refractivity contribution in [2.45, 2.75) is 69.9 Å². The number of cyclic esters (lactones) is 1. The summed E-state index contributed by atoms with van der Waals surface area (Å²) < 4.78 is 12.8. The molecule has 226 valence electrons. The van der Waals surface area contributed by atoms with Gasteiger partial charge < -0.3 is 29.7 Å². The predicted octanol–water partition coefficient (Wildman–Crippen LogP) is 3.02. The van der Waals surface area contributed by atoms with E-state index >= 15 is 0 Å². The lowest BCUT2D eigenvalue weighted by molar-refractivity contribution is -0.159. The molecular weight excluding hydrogens is 630 g/mol. The maximum absolute atomic E-state index is 14.9. The molecule has 1 aromatic carbocycles. The van der Waals surface area contributed by atoms with Crippen molar-refractivity contribution < 1.29 is 33.8 Å². The lowest BCUT2D eigenvalue weighted by Crippen LogP contribution is -2.58. The van der Waals surface area contributed by atoms with Gasteiger partial charge in [-0.3, -0.25) is 19.2 Å². The molecule has 0 saturated carbocycles. The number of halogens is 2. The molecule has 7 atom stereocenters. The third-order valence-corrected chi connectivity index (χ3v) is 9.55. The van der Waals surface area contributed by atoms with Gasteiger partial charge in [-0.2, -0.15) is 0 Å².